The molecule has 0 spiro atoms. The Bertz CT molecular complexity index is 346. The highest BCUT2D eigenvalue weighted by atomic mass is 19.4. The predicted octanol–water partition coefficient (Wildman–Crippen LogP) is -0.173. The number of hydrogen-bond donors (Lipinski definition) is 4. The van der Waals surface area contributed by atoms with Gasteiger partial charge in [-0.2, -0.15) is 13.2 Å². The fourth-order valence-electron chi connectivity index (χ4n) is 1.07. The standard InChI is InChI=1S/C9H14F3N3O4/c1-5(2-9(10,11)12)15-8(19)14-3-6(16)13-4-7(17)18/h5H,2-4H2,1H3,(H,13,16)(H,17,18)(H2,14,15,19). The lowest BCUT2D eigenvalue weighted by Crippen LogP contribution is -2.46. The van der Waals surface area contributed by atoms with Crippen LogP contribution < -0.4 is 16.0 Å². The molecular weight excluding hydrogens is 271 g/mol. The zero-order chi connectivity index (χ0) is 15.1. The molecule has 0 aliphatic heterocycles. The first kappa shape index (κ1) is 17.0. The van der Waals surface area contributed by atoms with E-state index in [0.29, 0.717) is 0 Å². The molecule has 0 radical (unpaired) electrons. The number of rotatable bonds is 6. The Hall–Kier alpha value is -2.00. The van der Waals surface area contributed by atoms with Crippen molar-refractivity contribution in [3.8, 4) is 0 Å². The van der Waals surface area contributed by atoms with Gasteiger partial charge in [0.1, 0.15) is 6.54 Å². The van der Waals surface area contributed by atoms with Crippen molar-refractivity contribution < 1.29 is 32.7 Å². The van der Waals surface area contributed by atoms with E-state index in [1.807, 2.05) is 16.0 Å². The molecule has 3 amide bonds. The summed E-state index contributed by atoms with van der Waals surface area (Å²) < 4.78 is 35.9. The zero-order valence-electron chi connectivity index (χ0n) is 10.0. The molecule has 10 heteroatoms. The van der Waals surface area contributed by atoms with Gasteiger partial charge in [0.05, 0.1) is 13.0 Å². The van der Waals surface area contributed by atoms with E-state index >= 15 is 0 Å². The van der Waals surface area contributed by atoms with Crippen LogP contribution in [0.4, 0.5) is 18.0 Å². The molecule has 4 N–H and O–H groups in total. The first-order valence-corrected chi connectivity index (χ1v) is 5.19. The number of carbonyl (C=O) groups is 3. The van der Waals surface area contributed by atoms with Crippen molar-refractivity contribution in [1.29, 1.82) is 0 Å². The number of aliphatic carboxylic acids is 1. The van der Waals surface area contributed by atoms with E-state index in [1.54, 1.807) is 0 Å². The van der Waals surface area contributed by atoms with Crippen LogP contribution in [0.5, 0.6) is 0 Å². The maximum Gasteiger partial charge on any atom is 0.391 e. The summed E-state index contributed by atoms with van der Waals surface area (Å²) in [5, 5.41) is 14.2. The third kappa shape index (κ3) is 10.9. The van der Waals surface area contributed by atoms with Crippen LogP contribution >= 0.6 is 0 Å². The first-order valence-electron chi connectivity index (χ1n) is 5.19. The summed E-state index contributed by atoms with van der Waals surface area (Å²) in [5.74, 6) is -2.02. The van der Waals surface area contributed by atoms with Gasteiger partial charge in [-0.3, -0.25) is 9.59 Å². The minimum Gasteiger partial charge on any atom is -0.480 e. The molecule has 0 aromatic rings. The Balaban J connectivity index is 3.86. The zero-order valence-corrected chi connectivity index (χ0v) is 10.0. The van der Waals surface area contributed by atoms with Gasteiger partial charge in [-0.05, 0) is 6.92 Å². The Morgan fingerprint density at radius 2 is 1.74 bits per heavy atom. The second-order valence-corrected chi connectivity index (χ2v) is 3.72. The van der Waals surface area contributed by atoms with Crippen LogP contribution in [-0.4, -0.2) is 48.3 Å². The summed E-state index contributed by atoms with van der Waals surface area (Å²) in [5.41, 5.74) is 0. The SMILES string of the molecule is CC(CC(F)(F)F)NC(=O)NCC(=O)NCC(=O)O. The van der Waals surface area contributed by atoms with Gasteiger partial charge in [0.2, 0.25) is 5.91 Å². The summed E-state index contributed by atoms with van der Waals surface area (Å²) in [6, 6.07) is -2.08. The van der Waals surface area contributed by atoms with Crippen LogP contribution in [0.2, 0.25) is 0 Å². The van der Waals surface area contributed by atoms with E-state index in [1.165, 1.54) is 0 Å². The number of nitrogens with one attached hydrogen (secondary N) is 3. The highest BCUT2D eigenvalue weighted by Crippen LogP contribution is 2.21. The van der Waals surface area contributed by atoms with Gasteiger partial charge in [-0.1, -0.05) is 0 Å². The van der Waals surface area contributed by atoms with E-state index in [2.05, 4.69) is 0 Å². The largest absolute Gasteiger partial charge is 0.480 e. The average molecular weight is 285 g/mol. The summed E-state index contributed by atoms with van der Waals surface area (Å²) in [6.07, 6.45) is -5.59. The smallest absolute Gasteiger partial charge is 0.391 e. The molecule has 1 unspecified atom stereocenters. The van der Waals surface area contributed by atoms with Crippen molar-refractivity contribution in [2.24, 2.45) is 0 Å². The van der Waals surface area contributed by atoms with Gasteiger partial charge in [0, 0.05) is 6.04 Å². The second kappa shape index (κ2) is 7.44. The van der Waals surface area contributed by atoms with Crippen molar-refractivity contribution in [3.05, 3.63) is 0 Å². The number of carbonyl (C=O) groups excluding carboxylic acids is 2. The van der Waals surface area contributed by atoms with Crippen molar-refractivity contribution in [1.82, 2.24) is 16.0 Å². The van der Waals surface area contributed by atoms with Crippen LogP contribution in [0.25, 0.3) is 0 Å². The number of carboxylic acid groups (broad SMARTS) is 1. The van der Waals surface area contributed by atoms with Crippen molar-refractivity contribution in [2.75, 3.05) is 13.1 Å². The topological polar surface area (TPSA) is 108 Å². The van der Waals surface area contributed by atoms with Gasteiger partial charge < -0.3 is 21.1 Å². The Morgan fingerprint density at radius 3 is 2.21 bits per heavy atom. The molecule has 0 saturated carbocycles. The van der Waals surface area contributed by atoms with Gasteiger partial charge in [-0.15, -0.1) is 0 Å². The summed E-state index contributed by atoms with van der Waals surface area (Å²) >= 11 is 0. The van der Waals surface area contributed by atoms with Gasteiger partial charge in [0.15, 0.2) is 0 Å². The minimum absolute atomic E-state index is 0.530. The van der Waals surface area contributed by atoms with E-state index < -0.39 is 49.6 Å². The second-order valence-electron chi connectivity index (χ2n) is 3.72. The summed E-state index contributed by atoms with van der Waals surface area (Å²) in [7, 11) is 0. The number of carboxylic acids is 1. The molecular formula is C9H14F3N3O4. The molecule has 0 fully saturated rings. The predicted molar refractivity (Wildman–Crippen MR) is 57.3 cm³/mol. The van der Waals surface area contributed by atoms with Gasteiger partial charge in [-0.25, -0.2) is 4.79 Å². The molecule has 7 nitrogen and oxygen atoms in total. The molecule has 0 rings (SSSR count). The van der Waals surface area contributed by atoms with Crippen molar-refractivity contribution >= 4 is 17.9 Å². The highest BCUT2D eigenvalue weighted by Gasteiger charge is 2.30. The van der Waals surface area contributed by atoms with Crippen LogP contribution in [0, 0.1) is 0 Å². The van der Waals surface area contributed by atoms with Crippen molar-refractivity contribution in [2.45, 2.75) is 25.6 Å². The van der Waals surface area contributed by atoms with Gasteiger partial charge >= 0.3 is 18.2 Å². The fourth-order valence-corrected chi connectivity index (χ4v) is 1.07. The molecule has 0 saturated heterocycles. The monoisotopic (exact) mass is 285 g/mol. The van der Waals surface area contributed by atoms with Gasteiger partial charge in [0.25, 0.3) is 0 Å². The number of urea groups is 1. The Morgan fingerprint density at radius 1 is 1.16 bits per heavy atom. The third-order valence-electron chi connectivity index (χ3n) is 1.76. The average Bonchev–Trinajstić information content (AvgIpc) is 2.20. The van der Waals surface area contributed by atoms with E-state index in [-0.39, 0.29) is 0 Å². The van der Waals surface area contributed by atoms with E-state index in [9.17, 15) is 27.6 Å². The number of halogens is 3. The Labute approximate surface area is 106 Å². The normalized spacial score (nSPS) is 12.4. The number of alkyl halides is 3. The van der Waals surface area contributed by atoms with Crippen LogP contribution in [0.1, 0.15) is 13.3 Å². The molecule has 0 aromatic carbocycles. The molecule has 0 bridgehead atoms. The Kier molecular flexibility index (Phi) is 6.66. The first-order chi connectivity index (χ1) is 8.60. The fraction of sp³-hybridized carbons (Fsp3) is 0.667. The molecule has 0 aliphatic rings. The molecule has 19 heavy (non-hydrogen) atoms. The van der Waals surface area contributed by atoms with Crippen LogP contribution in [-0.2, 0) is 9.59 Å². The van der Waals surface area contributed by atoms with Crippen LogP contribution in [0.15, 0.2) is 0 Å². The minimum atomic E-state index is -4.40. The molecule has 110 valence electrons. The van der Waals surface area contributed by atoms with E-state index in [4.69, 9.17) is 5.11 Å². The molecule has 1 atom stereocenters. The number of amides is 3. The summed E-state index contributed by atoms with van der Waals surface area (Å²) in [4.78, 5) is 32.2. The quantitative estimate of drug-likeness (QED) is 0.543. The molecule has 0 heterocycles. The van der Waals surface area contributed by atoms with E-state index in [0.717, 1.165) is 6.92 Å². The third-order valence-corrected chi connectivity index (χ3v) is 1.76. The van der Waals surface area contributed by atoms with Crippen LogP contribution in [0.3, 0.4) is 0 Å². The maximum absolute atomic E-state index is 12.0. The van der Waals surface area contributed by atoms with Crippen molar-refractivity contribution in [3.63, 3.8) is 0 Å². The lowest BCUT2D eigenvalue weighted by molar-refractivity contribution is -0.138. The molecule has 0 aromatic heterocycles. The maximum atomic E-state index is 12.0. The summed E-state index contributed by atoms with van der Waals surface area (Å²) in [6.45, 7) is 0.0298. The highest BCUT2D eigenvalue weighted by molar-refractivity contribution is 5.86. The lowest BCUT2D eigenvalue weighted by atomic mass is 10.2. The molecule has 0 aliphatic carbocycles. The lowest BCUT2D eigenvalue weighted by Gasteiger charge is -2.16. The number of hydrogen-bond acceptors (Lipinski definition) is 3.